The minimum Gasteiger partial charge on any atom is -0.384 e. The average molecular weight is 334 g/mol. The van der Waals surface area contributed by atoms with Crippen molar-refractivity contribution in [2.75, 3.05) is 23.7 Å². The molecule has 25 heavy (non-hydrogen) atoms. The van der Waals surface area contributed by atoms with E-state index in [1.165, 1.54) is 28.7 Å². The van der Waals surface area contributed by atoms with Crippen LogP contribution < -0.4 is 10.6 Å². The molecule has 1 aliphatic heterocycles. The molecule has 2 aromatic heterocycles. The van der Waals surface area contributed by atoms with E-state index in [9.17, 15) is 0 Å². The first-order chi connectivity index (χ1) is 12.2. The van der Waals surface area contributed by atoms with E-state index in [1.807, 2.05) is 12.3 Å². The summed E-state index contributed by atoms with van der Waals surface area (Å²) in [5.41, 5.74) is 10.7. The number of nitrogens with one attached hydrogen (secondary N) is 1. The summed E-state index contributed by atoms with van der Waals surface area (Å²) in [7, 11) is 0. The quantitative estimate of drug-likeness (QED) is 0.769. The summed E-state index contributed by atoms with van der Waals surface area (Å²) in [6, 6.07) is 10.5. The average Bonchev–Trinajstić information content (AvgIpc) is 3.12. The van der Waals surface area contributed by atoms with Crippen LogP contribution in [0.25, 0.3) is 11.1 Å². The Morgan fingerprint density at radius 3 is 2.84 bits per heavy atom. The zero-order valence-corrected chi connectivity index (χ0v) is 14.3. The maximum atomic E-state index is 5.81. The number of hydrogen-bond donors (Lipinski definition) is 2. The zero-order valence-electron chi connectivity index (χ0n) is 14.3. The van der Waals surface area contributed by atoms with Crippen LogP contribution in [-0.2, 0) is 0 Å². The molecule has 0 amide bonds. The van der Waals surface area contributed by atoms with Gasteiger partial charge in [0.1, 0.15) is 18.0 Å². The highest BCUT2D eigenvalue weighted by Crippen LogP contribution is 2.34. The Morgan fingerprint density at radius 1 is 1.20 bits per heavy atom. The number of aromatic amines is 1. The highest BCUT2D eigenvalue weighted by atomic mass is 15.2. The number of rotatable bonds is 3. The standard InChI is InChI=1S/C19H22N6/c1-13-4-6-14(7-5-13)16-10-23-24-19(16)15-3-2-8-25(11-15)18-9-17(20)21-12-22-18/h4-7,9-10,12,15H,2-3,8,11H2,1H3,(H,23,24)(H2,20,21,22). The molecule has 0 spiro atoms. The van der Waals surface area contributed by atoms with Gasteiger partial charge in [0.15, 0.2) is 0 Å². The summed E-state index contributed by atoms with van der Waals surface area (Å²) in [6.07, 6.45) is 5.71. The Morgan fingerprint density at radius 2 is 2.04 bits per heavy atom. The predicted molar refractivity (Wildman–Crippen MR) is 99.4 cm³/mol. The molecule has 6 nitrogen and oxygen atoms in total. The summed E-state index contributed by atoms with van der Waals surface area (Å²) in [5, 5.41) is 7.56. The second-order valence-electron chi connectivity index (χ2n) is 6.65. The number of nitrogens with zero attached hydrogens (tertiary/aromatic N) is 4. The number of aromatic nitrogens is 4. The molecule has 4 rings (SSSR count). The van der Waals surface area contributed by atoms with Crippen molar-refractivity contribution in [1.29, 1.82) is 0 Å². The summed E-state index contributed by atoms with van der Waals surface area (Å²) < 4.78 is 0. The fourth-order valence-electron chi connectivity index (χ4n) is 3.53. The Bertz CT molecular complexity index is 854. The molecule has 1 unspecified atom stereocenters. The van der Waals surface area contributed by atoms with Crippen LogP contribution in [0.3, 0.4) is 0 Å². The SMILES string of the molecule is Cc1ccc(-c2cn[nH]c2C2CCCN(c3cc(N)ncn3)C2)cc1. The fourth-order valence-corrected chi connectivity index (χ4v) is 3.53. The molecule has 3 aromatic rings. The molecule has 0 saturated carbocycles. The molecule has 0 bridgehead atoms. The molecule has 0 radical (unpaired) electrons. The number of hydrogen-bond acceptors (Lipinski definition) is 5. The minimum absolute atomic E-state index is 0.392. The number of aryl methyl sites for hydroxylation is 1. The van der Waals surface area contributed by atoms with Crippen LogP contribution in [0.2, 0.25) is 0 Å². The third-order valence-electron chi connectivity index (χ3n) is 4.86. The van der Waals surface area contributed by atoms with Gasteiger partial charge in [-0.05, 0) is 25.3 Å². The summed E-state index contributed by atoms with van der Waals surface area (Å²) in [4.78, 5) is 10.7. The normalized spacial score (nSPS) is 17.6. The van der Waals surface area contributed by atoms with Gasteiger partial charge in [0, 0.05) is 36.3 Å². The van der Waals surface area contributed by atoms with E-state index in [2.05, 4.69) is 56.3 Å². The van der Waals surface area contributed by atoms with Crippen LogP contribution in [0.5, 0.6) is 0 Å². The van der Waals surface area contributed by atoms with Gasteiger partial charge in [0.05, 0.1) is 6.20 Å². The first-order valence-electron chi connectivity index (χ1n) is 8.63. The molecule has 1 saturated heterocycles. The summed E-state index contributed by atoms with van der Waals surface area (Å²) >= 11 is 0. The van der Waals surface area contributed by atoms with Crippen molar-refractivity contribution in [3.63, 3.8) is 0 Å². The van der Waals surface area contributed by atoms with Crippen LogP contribution in [0.1, 0.15) is 30.0 Å². The van der Waals surface area contributed by atoms with Gasteiger partial charge in [-0.25, -0.2) is 9.97 Å². The monoisotopic (exact) mass is 334 g/mol. The third-order valence-corrected chi connectivity index (χ3v) is 4.86. The maximum Gasteiger partial charge on any atom is 0.134 e. The lowest BCUT2D eigenvalue weighted by atomic mass is 9.90. The number of nitrogen functional groups attached to an aromatic ring is 1. The highest BCUT2D eigenvalue weighted by Gasteiger charge is 2.26. The molecule has 0 aliphatic carbocycles. The van der Waals surface area contributed by atoms with Crippen molar-refractivity contribution in [2.24, 2.45) is 0 Å². The van der Waals surface area contributed by atoms with E-state index >= 15 is 0 Å². The van der Waals surface area contributed by atoms with Crippen molar-refractivity contribution >= 4 is 11.6 Å². The zero-order chi connectivity index (χ0) is 17.2. The van der Waals surface area contributed by atoms with E-state index in [0.717, 1.165) is 31.7 Å². The molecule has 128 valence electrons. The van der Waals surface area contributed by atoms with E-state index in [0.29, 0.717) is 11.7 Å². The molecule has 1 fully saturated rings. The highest BCUT2D eigenvalue weighted by molar-refractivity contribution is 5.66. The topological polar surface area (TPSA) is 83.7 Å². The van der Waals surface area contributed by atoms with E-state index in [1.54, 1.807) is 0 Å². The van der Waals surface area contributed by atoms with Gasteiger partial charge < -0.3 is 10.6 Å². The van der Waals surface area contributed by atoms with E-state index < -0.39 is 0 Å². The van der Waals surface area contributed by atoms with Crippen LogP contribution in [0.15, 0.2) is 42.9 Å². The van der Waals surface area contributed by atoms with E-state index in [-0.39, 0.29) is 0 Å². The maximum absolute atomic E-state index is 5.81. The molecule has 1 aromatic carbocycles. The number of anilines is 2. The van der Waals surface area contributed by atoms with Gasteiger partial charge in [0.2, 0.25) is 0 Å². The van der Waals surface area contributed by atoms with Gasteiger partial charge in [0.25, 0.3) is 0 Å². The Labute approximate surface area is 147 Å². The van der Waals surface area contributed by atoms with Crippen molar-refractivity contribution in [1.82, 2.24) is 20.2 Å². The van der Waals surface area contributed by atoms with E-state index in [4.69, 9.17) is 5.73 Å². The first kappa shape index (κ1) is 15.6. The van der Waals surface area contributed by atoms with Crippen LogP contribution in [0.4, 0.5) is 11.6 Å². The van der Waals surface area contributed by atoms with Crippen LogP contribution in [-0.4, -0.2) is 33.3 Å². The van der Waals surface area contributed by atoms with Gasteiger partial charge in [-0.3, -0.25) is 5.10 Å². The van der Waals surface area contributed by atoms with Gasteiger partial charge in [-0.1, -0.05) is 29.8 Å². The van der Waals surface area contributed by atoms with Crippen molar-refractivity contribution < 1.29 is 0 Å². The minimum atomic E-state index is 0.392. The first-order valence-corrected chi connectivity index (χ1v) is 8.63. The smallest absolute Gasteiger partial charge is 0.134 e. The van der Waals surface area contributed by atoms with Crippen LogP contribution in [0, 0.1) is 6.92 Å². The molecule has 3 N–H and O–H groups in total. The Kier molecular flexibility index (Phi) is 4.09. The second kappa shape index (κ2) is 6.55. The lowest BCUT2D eigenvalue weighted by molar-refractivity contribution is 0.498. The largest absolute Gasteiger partial charge is 0.384 e. The molecule has 6 heteroatoms. The summed E-state index contributed by atoms with van der Waals surface area (Å²) in [5.74, 6) is 1.80. The Balaban J connectivity index is 1.60. The third kappa shape index (κ3) is 3.20. The van der Waals surface area contributed by atoms with Crippen molar-refractivity contribution in [2.45, 2.75) is 25.7 Å². The number of H-pyrrole nitrogens is 1. The lowest BCUT2D eigenvalue weighted by Gasteiger charge is -2.33. The molecule has 3 heterocycles. The fraction of sp³-hybridized carbons (Fsp3) is 0.316. The molecule has 1 atom stereocenters. The lowest BCUT2D eigenvalue weighted by Crippen LogP contribution is -2.35. The van der Waals surface area contributed by atoms with Crippen molar-refractivity contribution in [3.05, 3.63) is 54.1 Å². The predicted octanol–water partition coefficient (Wildman–Crippen LogP) is 3.14. The number of nitrogens with two attached hydrogens (primary N) is 1. The van der Waals surface area contributed by atoms with Gasteiger partial charge >= 0.3 is 0 Å². The van der Waals surface area contributed by atoms with Crippen LogP contribution >= 0.6 is 0 Å². The number of piperidine rings is 1. The molecule has 1 aliphatic rings. The summed E-state index contributed by atoms with van der Waals surface area (Å²) in [6.45, 7) is 3.99. The Hall–Kier alpha value is -2.89. The molecular weight excluding hydrogens is 312 g/mol. The van der Waals surface area contributed by atoms with Crippen molar-refractivity contribution in [3.8, 4) is 11.1 Å². The molecular formula is C19H22N6. The van der Waals surface area contributed by atoms with Gasteiger partial charge in [-0.2, -0.15) is 5.10 Å². The van der Waals surface area contributed by atoms with Gasteiger partial charge in [-0.15, -0.1) is 0 Å². The number of benzene rings is 1. The second-order valence-corrected chi connectivity index (χ2v) is 6.65.